The molecule has 4 heteroatoms. The highest BCUT2D eigenvalue weighted by Gasteiger charge is 2.30. The van der Waals surface area contributed by atoms with Crippen LogP contribution in [-0.2, 0) is 0 Å². The van der Waals surface area contributed by atoms with Gasteiger partial charge in [0, 0.05) is 23.4 Å². The van der Waals surface area contributed by atoms with Crippen LogP contribution in [0.3, 0.4) is 0 Å². The Hall–Kier alpha value is 0.0400. The van der Waals surface area contributed by atoms with E-state index in [-0.39, 0.29) is 4.75 Å². The Balaban J connectivity index is 2.67. The quantitative estimate of drug-likeness (QED) is 0.622. The van der Waals surface area contributed by atoms with Crippen molar-refractivity contribution in [1.82, 2.24) is 0 Å². The van der Waals surface area contributed by atoms with E-state index >= 15 is 0 Å². The van der Waals surface area contributed by atoms with Crippen LogP contribution in [0.4, 0.5) is 0 Å². The SMILES string of the molecule is CSC(C)C1(C)C=CN=NS1. The summed E-state index contributed by atoms with van der Waals surface area (Å²) >= 11 is 3.41. The van der Waals surface area contributed by atoms with E-state index in [0.29, 0.717) is 5.25 Å². The summed E-state index contributed by atoms with van der Waals surface area (Å²) in [6.45, 7) is 4.40. The van der Waals surface area contributed by atoms with Crippen molar-refractivity contribution in [3.63, 3.8) is 0 Å². The molecule has 0 spiro atoms. The van der Waals surface area contributed by atoms with E-state index in [4.69, 9.17) is 0 Å². The molecule has 1 aliphatic heterocycles. The number of hydrogen-bond donors (Lipinski definition) is 0. The molecule has 0 N–H and O–H groups in total. The second-order valence-corrected chi connectivity index (χ2v) is 5.07. The third-order valence-electron chi connectivity index (χ3n) is 1.92. The molecule has 11 heavy (non-hydrogen) atoms. The van der Waals surface area contributed by atoms with Gasteiger partial charge in [0.15, 0.2) is 0 Å². The molecular formula is C7H12N2S2. The molecule has 2 unspecified atom stereocenters. The third kappa shape index (κ3) is 1.99. The van der Waals surface area contributed by atoms with Crippen molar-refractivity contribution in [2.45, 2.75) is 23.8 Å². The first-order chi connectivity index (χ1) is 5.19. The summed E-state index contributed by atoms with van der Waals surface area (Å²) in [5.74, 6) is 0. The van der Waals surface area contributed by atoms with Gasteiger partial charge in [0.2, 0.25) is 0 Å². The average molecular weight is 188 g/mol. The Morgan fingerprint density at radius 3 is 2.82 bits per heavy atom. The minimum absolute atomic E-state index is 0.126. The molecule has 0 amide bonds. The lowest BCUT2D eigenvalue weighted by molar-refractivity contribution is 0.766. The van der Waals surface area contributed by atoms with Crippen molar-refractivity contribution >= 4 is 23.7 Å². The standard InChI is InChI=1S/C7H12N2S2/c1-6(10-3)7(2)4-5-8-9-11-7/h4-6H,1-3H3. The Morgan fingerprint density at radius 2 is 2.36 bits per heavy atom. The van der Waals surface area contributed by atoms with Gasteiger partial charge >= 0.3 is 0 Å². The summed E-state index contributed by atoms with van der Waals surface area (Å²) < 4.78 is 4.07. The van der Waals surface area contributed by atoms with Gasteiger partial charge in [-0.3, -0.25) is 0 Å². The van der Waals surface area contributed by atoms with Crippen molar-refractivity contribution < 1.29 is 0 Å². The zero-order valence-electron chi connectivity index (χ0n) is 6.94. The first kappa shape index (κ1) is 9.13. The fourth-order valence-corrected chi connectivity index (χ4v) is 2.31. The number of thioether (sulfide) groups is 1. The fourth-order valence-electron chi connectivity index (χ4n) is 0.794. The topological polar surface area (TPSA) is 24.7 Å². The molecule has 2 atom stereocenters. The highest BCUT2D eigenvalue weighted by atomic mass is 32.2. The minimum atomic E-state index is 0.126. The van der Waals surface area contributed by atoms with Crippen LogP contribution in [0.2, 0.25) is 0 Å². The molecule has 0 aliphatic carbocycles. The smallest absolute Gasteiger partial charge is 0.0681 e. The van der Waals surface area contributed by atoms with Crippen LogP contribution in [-0.4, -0.2) is 16.3 Å². The van der Waals surface area contributed by atoms with Gasteiger partial charge in [0.25, 0.3) is 0 Å². The lowest BCUT2D eigenvalue weighted by Gasteiger charge is -2.28. The molecule has 0 aromatic carbocycles. The van der Waals surface area contributed by atoms with Crippen LogP contribution in [0, 0.1) is 0 Å². The molecular weight excluding hydrogens is 176 g/mol. The molecule has 0 bridgehead atoms. The van der Waals surface area contributed by atoms with Crippen molar-refractivity contribution in [3.05, 3.63) is 12.3 Å². The predicted molar refractivity (Wildman–Crippen MR) is 53.0 cm³/mol. The summed E-state index contributed by atoms with van der Waals surface area (Å²) in [6, 6.07) is 0. The Kier molecular flexibility index (Phi) is 3.01. The van der Waals surface area contributed by atoms with Crippen molar-refractivity contribution in [3.8, 4) is 0 Å². The van der Waals surface area contributed by atoms with Gasteiger partial charge in [-0.15, -0.1) is 4.52 Å². The van der Waals surface area contributed by atoms with Crippen molar-refractivity contribution in [2.24, 2.45) is 9.63 Å². The molecule has 1 heterocycles. The van der Waals surface area contributed by atoms with E-state index in [2.05, 4.69) is 35.8 Å². The summed E-state index contributed by atoms with van der Waals surface area (Å²) in [4.78, 5) is 0. The molecule has 2 nitrogen and oxygen atoms in total. The molecule has 0 fully saturated rings. The zero-order chi connectivity index (χ0) is 8.32. The van der Waals surface area contributed by atoms with E-state index in [1.807, 2.05) is 11.8 Å². The Bertz CT molecular complexity index is 191. The predicted octanol–water partition coefficient (Wildman–Crippen LogP) is 3.12. The molecule has 62 valence electrons. The van der Waals surface area contributed by atoms with Crippen molar-refractivity contribution in [2.75, 3.05) is 6.26 Å². The van der Waals surface area contributed by atoms with Gasteiger partial charge in [0.1, 0.15) is 0 Å². The van der Waals surface area contributed by atoms with Crippen LogP contribution >= 0.6 is 23.7 Å². The van der Waals surface area contributed by atoms with Crippen LogP contribution in [0.25, 0.3) is 0 Å². The summed E-state index contributed by atoms with van der Waals surface area (Å²) in [5.41, 5.74) is 0. The summed E-state index contributed by atoms with van der Waals surface area (Å²) in [5, 5.41) is 4.36. The normalized spacial score (nSPS) is 32.3. The van der Waals surface area contributed by atoms with Gasteiger partial charge in [0.05, 0.1) is 4.75 Å². The molecule has 1 aliphatic rings. The number of rotatable bonds is 2. The van der Waals surface area contributed by atoms with Gasteiger partial charge in [-0.05, 0) is 19.3 Å². The number of nitrogens with zero attached hydrogens (tertiary/aromatic N) is 2. The third-order valence-corrected chi connectivity index (χ3v) is 4.32. The molecule has 0 saturated heterocycles. The van der Waals surface area contributed by atoms with E-state index in [9.17, 15) is 0 Å². The fraction of sp³-hybridized carbons (Fsp3) is 0.714. The summed E-state index contributed by atoms with van der Waals surface area (Å²) in [6.07, 6.45) is 6.02. The van der Waals surface area contributed by atoms with Crippen LogP contribution in [0.15, 0.2) is 21.9 Å². The molecule has 1 rings (SSSR count). The molecule has 0 radical (unpaired) electrons. The van der Waals surface area contributed by atoms with E-state index in [1.165, 1.54) is 0 Å². The molecule has 0 aromatic rings. The maximum Gasteiger partial charge on any atom is 0.0681 e. The largest absolute Gasteiger partial charge is 0.160 e. The lowest BCUT2D eigenvalue weighted by atomic mass is 10.1. The molecule has 0 aromatic heterocycles. The lowest BCUT2D eigenvalue weighted by Crippen LogP contribution is -2.28. The minimum Gasteiger partial charge on any atom is -0.160 e. The average Bonchev–Trinajstić information content (AvgIpc) is 2.04. The highest BCUT2D eigenvalue weighted by Crippen LogP contribution is 2.38. The van der Waals surface area contributed by atoms with Gasteiger partial charge < -0.3 is 0 Å². The Morgan fingerprint density at radius 1 is 1.64 bits per heavy atom. The first-order valence-corrected chi connectivity index (χ1v) is 5.54. The van der Waals surface area contributed by atoms with Crippen LogP contribution in [0.5, 0.6) is 0 Å². The maximum absolute atomic E-state index is 3.94. The first-order valence-electron chi connectivity index (χ1n) is 3.48. The second kappa shape index (κ2) is 3.63. The van der Waals surface area contributed by atoms with E-state index in [0.717, 1.165) is 0 Å². The highest BCUT2D eigenvalue weighted by molar-refractivity contribution is 8.03. The maximum atomic E-state index is 3.94. The Labute approximate surface area is 76.1 Å². The molecule has 0 saturated carbocycles. The van der Waals surface area contributed by atoms with Gasteiger partial charge in [-0.25, -0.2) is 0 Å². The number of hydrogen-bond acceptors (Lipinski definition) is 4. The van der Waals surface area contributed by atoms with Crippen molar-refractivity contribution in [1.29, 1.82) is 0 Å². The van der Waals surface area contributed by atoms with Crippen LogP contribution < -0.4 is 0 Å². The van der Waals surface area contributed by atoms with Gasteiger partial charge in [-0.2, -0.15) is 16.9 Å². The second-order valence-electron chi connectivity index (χ2n) is 2.67. The van der Waals surface area contributed by atoms with E-state index in [1.54, 1.807) is 18.1 Å². The van der Waals surface area contributed by atoms with E-state index < -0.39 is 0 Å². The monoisotopic (exact) mass is 188 g/mol. The zero-order valence-corrected chi connectivity index (χ0v) is 8.58. The van der Waals surface area contributed by atoms with Gasteiger partial charge in [-0.1, -0.05) is 6.92 Å². The van der Waals surface area contributed by atoms with Crippen LogP contribution in [0.1, 0.15) is 13.8 Å². The summed E-state index contributed by atoms with van der Waals surface area (Å²) in [7, 11) is 0.